The largest absolute Gasteiger partial charge is 0.326 e. The van der Waals surface area contributed by atoms with Crippen molar-refractivity contribution in [2.45, 2.75) is 44.5 Å². The first-order valence-electron chi connectivity index (χ1n) is 7.91. The van der Waals surface area contributed by atoms with Gasteiger partial charge in [-0.1, -0.05) is 22.4 Å². The molecule has 0 saturated heterocycles. The van der Waals surface area contributed by atoms with Crippen molar-refractivity contribution in [2.24, 2.45) is 17.8 Å². The topological polar surface area (TPSA) is 17.8 Å². The van der Waals surface area contributed by atoms with Crippen molar-refractivity contribution in [2.75, 3.05) is 0 Å². The lowest BCUT2D eigenvalue weighted by atomic mass is 9.88. The highest BCUT2D eigenvalue weighted by Crippen LogP contribution is 2.49. The Hall–Kier alpha value is -0.540. The predicted octanol–water partition coefficient (Wildman–Crippen LogP) is 5.53. The minimum absolute atomic E-state index is 0.0465. The van der Waals surface area contributed by atoms with Crippen LogP contribution in [0.4, 0.5) is 0 Å². The predicted molar refractivity (Wildman–Crippen MR) is 90.6 cm³/mol. The van der Waals surface area contributed by atoms with Gasteiger partial charge in [-0.15, -0.1) is 11.6 Å². The van der Waals surface area contributed by atoms with Crippen LogP contribution in [0.1, 0.15) is 43.8 Å². The lowest BCUT2D eigenvalue weighted by Crippen LogP contribution is -2.19. The second kappa shape index (κ2) is 5.27. The van der Waals surface area contributed by atoms with Crippen LogP contribution in [0.2, 0.25) is 0 Å². The third-order valence-corrected chi connectivity index (χ3v) is 6.09. The highest BCUT2D eigenvalue weighted by molar-refractivity contribution is 9.10. The van der Waals surface area contributed by atoms with Gasteiger partial charge >= 0.3 is 0 Å². The van der Waals surface area contributed by atoms with Gasteiger partial charge in [0.1, 0.15) is 5.82 Å². The van der Waals surface area contributed by atoms with Gasteiger partial charge in [0.05, 0.1) is 16.4 Å². The molecule has 0 radical (unpaired) electrons. The Balaban J connectivity index is 1.73. The zero-order valence-corrected chi connectivity index (χ0v) is 14.6. The summed E-state index contributed by atoms with van der Waals surface area (Å²) in [7, 11) is 0. The monoisotopic (exact) mass is 366 g/mol. The molecular weight excluding hydrogens is 348 g/mol. The van der Waals surface area contributed by atoms with E-state index in [1.807, 2.05) is 6.92 Å². The molecule has 2 aliphatic carbocycles. The van der Waals surface area contributed by atoms with Crippen LogP contribution in [0.5, 0.6) is 0 Å². The highest BCUT2D eigenvalue weighted by atomic mass is 79.9. The van der Waals surface area contributed by atoms with Crippen LogP contribution in [0.15, 0.2) is 22.7 Å². The van der Waals surface area contributed by atoms with E-state index in [1.54, 1.807) is 0 Å². The summed E-state index contributed by atoms with van der Waals surface area (Å²) < 4.78 is 3.46. The third-order valence-electron chi connectivity index (χ3n) is 5.40. The number of benzene rings is 1. The molecule has 112 valence electrons. The van der Waals surface area contributed by atoms with E-state index >= 15 is 0 Å². The van der Waals surface area contributed by atoms with E-state index in [1.165, 1.54) is 31.2 Å². The number of aromatic nitrogens is 2. The van der Waals surface area contributed by atoms with Gasteiger partial charge in [0.25, 0.3) is 0 Å². The van der Waals surface area contributed by atoms with Crippen molar-refractivity contribution in [3.63, 3.8) is 0 Å². The maximum Gasteiger partial charge on any atom is 0.127 e. The number of rotatable bonds is 3. The molecule has 4 rings (SSSR count). The van der Waals surface area contributed by atoms with Gasteiger partial charge in [0.15, 0.2) is 0 Å². The Morgan fingerprint density at radius 2 is 2.24 bits per heavy atom. The maximum absolute atomic E-state index is 6.39. The second-order valence-corrected chi connectivity index (χ2v) is 8.33. The summed E-state index contributed by atoms with van der Waals surface area (Å²) in [6, 6.07) is 6.36. The van der Waals surface area contributed by atoms with Crippen molar-refractivity contribution in [1.82, 2.24) is 9.55 Å². The van der Waals surface area contributed by atoms with Crippen molar-refractivity contribution < 1.29 is 0 Å². The number of nitrogens with zero attached hydrogens (tertiary/aromatic N) is 2. The number of fused-ring (bicyclic) bond motifs is 3. The number of alkyl halides is 1. The molecule has 0 amide bonds. The lowest BCUT2D eigenvalue weighted by molar-refractivity contribution is 0.295. The summed E-state index contributed by atoms with van der Waals surface area (Å²) in [5, 5.41) is -0.0465. The van der Waals surface area contributed by atoms with Gasteiger partial charge in [0, 0.05) is 11.0 Å². The van der Waals surface area contributed by atoms with Crippen LogP contribution in [-0.2, 0) is 6.54 Å². The molecule has 4 atom stereocenters. The number of hydrogen-bond acceptors (Lipinski definition) is 1. The van der Waals surface area contributed by atoms with E-state index in [9.17, 15) is 0 Å². The molecule has 21 heavy (non-hydrogen) atoms. The summed E-state index contributed by atoms with van der Waals surface area (Å²) in [4.78, 5) is 4.78. The van der Waals surface area contributed by atoms with E-state index in [4.69, 9.17) is 16.6 Å². The first kappa shape index (κ1) is 14.1. The average molecular weight is 368 g/mol. The van der Waals surface area contributed by atoms with Crippen molar-refractivity contribution >= 4 is 38.6 Å². The molecule has 1 aromatic heterocycles. The molecule has 2 saturated carbocycles. The Bertz CT molecular complexity index is 679. The standard InChI is InChI=1S/C17H20BrClN2/c1-10(19)17-20-15-8-14(18)4-5-16(15)21(17)9-13-7-11-2-3-12(13)6-11/h4-5,8,10-13H,2-3,6-7,9H2,1H3. The van der Waals surface area contributed by atoms with Crippen molar-refractivity contribution in [1.29, 1.82) is 0 Å². The zero-order chi connectivity index (χ0) is 14.6. The van der Waals surface area contributed by atoms with E-state index in [-0.39, 0.29) is 5.38 Å². The molecule has 1 aromatic carbocycles. The summed E-state index contributed by atoms with van der Waals surface area (Å²) in [5.41, 5.74) is 2.28. The van der Waals surface area contributed by atoms with Crippen LogP contribution in [-0.4, -0.2) is 9.55 Å². The fourth-order valence-electron chi connectivity index (χ4n) is 4.45. The van der Waals surface area contributed by atoms with E-state index in [0.29, 0.717) is 0 Å². The summed E-state index contributed by atoms with van der Waals surface area (Å²) >= 11 is 9.92. The Morgan fingerprint density at radius 1 is 1.38 bits per heavy atom. The molecule has 1 heterocycles. The van der Waals surface area contributed by atoms with E-state index in [0.717, 1.165) is 40.1 Å². The Morgan fingerprint density at radius 3 is 2.90 bits per heavy atom. The molecule has 0 N–H and O–H groups in total. The second-order valence-electron chi connectivity index (χ2n) is 6.76. The first-order chi connectivity index (χ1) is 10.1. The van der Waals surface area contributed by atoms with Gasteiger partial charge < -0.3 is 4.57 Å². The quantitative estimate of drug-likeness (QED) is 0.652. The highest BCUT2D eigenvalue weighted by Gasteiger charge is 2.39. The van der Waals surface area contributed by atoms with Gasteiger partial charge in [0.2, 0.25) is 0 Å². The first-order valence-corrected chi connectivity index (χ1v) is 9.14. The molecule has 2 nitrogen and oxygen atoms in total. The fourth-order valence-corrected chi connectivity index (χ4v) is 4.97. The van der Waals surface area contributed by atoms with Gasteiger partial charge in [-0.05, 0) is 62.1 Å². The molecule has 2 fully saturated rings. The number of halogens is 2. The Kier molecular flexibility index (Phi) is 3.54. The summed E-state index contributed by atoms with van der Waals surface area (Å²) in [6.45, 7) is 3.11. The fraction of sp³-hybridized carbons (Fsp3) is 0.588. The molecule has 0 spiro atoms. The minimum atomic E-state index is -0.0465. The lowest BCUT2D eigenvalue weighted by Gasteiger charge is -2.23. The molecule has 2 aliphatic rings. The molecular formula is C17H20BrClN2. The van der Waals surface area contributed by atoms with Crippen LogP contribution in [0.3, 0.4) is 0 Å². The maximum atomic E-state index is 6.39. The molecule has 2 bridgehead atoms. The summed E-state index contributed by atoms with van der Waals surface area (Å²) in [6.07, 6.45) is 5.74. The van der Waals surface area contributed by atoms with Crippen LogP contribution in [0.25, 0.3) is 11.0 Å². The van der Waals surface area contributed by atoms with Crippen LogP contribution in [0, 0.1) is 17.8 Å². The Labute approximate surface area is 139 Å². The smallest absolute Gasteiger partial charge is 0.127 e. The zero-order valence-electron chi connectivity index (χ0n) is 12.2. The normalized spacial score (nSPS) is 29.4. The molecule has 2 aromatic rings. The number of hydrogen-bond donors (Lipinski definition) is 0. The molecule has 0 aliphatic heterocycles. The van der Waals surface area contributed by atoms with Crippen LogP contribution >= 0.6 is 27.5 Å². The molecule has 4 unspecified atom stereocenters. The van der Waals surface area contributed by atoms with Crippen molar-refractivity contribution in [3.05, 3.63) is 28.5 Å². The van der Waals surface area contributed by atoms with E-state index in [2.05, 4.69) is 38.7 Å². The average Bonchev–Trinajstić information content (AvgIpc) is 3.12. The van der Waals surface area contributed by atoms with Gasteiger partial charge in [-0.2, -0.15) is 0 Å². The van der Waals surface area contributed by atoms with Crippen LogP contribution < -0.4 is 0 Å². The minimum Gasteiger partial charge on any atom is -0.326 e. The SMILES string of the molecule is CC(Cl)c1nc2cc(Br)ccc2n1CC1CC2CCC1C2. The van der Waals surface area contributed by atoms with Gasteiger partial charge in [-0.25, -0.2) is 4.98 Å². The van der Waals surface area contributed by atoms with Gasteiger partial charge in [-0.3, -0.25) is 0 Å². The number of imidazole rings is 1. The van der Waals surface area contributed by atoms with Crippen molar-refractivity contribution in [3.8, 4) is 0 Å². The summed E-state index contributed by atoms with van der Waals surface area (Å²) in [5.74, 6) is 3.76. The van der Waals surface area contributed by atoms with E-state index < -0.39 is 0 Å². The molecule has 4 heteroatoms. The third kappa shape index (κ3) is 2.43.